The third kappa shape index (κ3) is 2.15. The van der Waals surface area contributed by atoms with Gasteiger partial charge < -0.3 is 9.72 Å². The van der Waals surface area contributed by atoms with Gasteiger partial charge in [0.05, 0.1) is 18.3 Å². The van der Waals surface area contributed by atoms with Gasteiger partial charge in [0.15, 0.2) is 5.69 Å². The fraction of sp³-hybridized carbons (Fsp3) is 0.273. The van der Waals surface area contributed by atoms with E-state index in [0.29, 0.717) is 5.69 Å². The number of hydrogen-bond donors (Lipinski definition) is 1. The summed E-state index contributed by atoms with van der Waals surface area (Å²) in [5.74, 6) is -0.517. The van der Waals surface area contributed by atoms with Crippen molar-refractivity contribution >= 4 is 5.97 Å². The van der Waals surface area contributed by atoms with Gasteiger partial charge in [-0.3, -0.25) is 0 Å². The van der Waals surface area contributed by atoms with E-state index in [1.807, 2.05) is 13.8 Å². The summed E-state index contributed by atoms with van der Waals surface area (Å²) in [5.41, 5.74) is 0.593. The number of nitrogens with zero attached hydrogens (tertiary/aromatic N) is 1. The predicted molar refractivity (Wildman–Crippen MR) is 57.4 cm³/mol. The average molecular weight is 206 g/mol. The first-order chi connectivity index (χ1) is 7.03. The smallest absolute Gasteiger partial charge is 0.363 e. The molecule has 0 aromatic carbocycles. The summed E-state index contributed by atoms with van der Waals surface area (Å²) < 4.78 is 4.67. The molecule has 0 spiro atoms. The highest BCUT2D eigenvalue weighted by Gasteiger charge is 2.26. The van der Waals surface area contributed by atoms with Gasteiger partial charge >= 0.3 is 5.97 Å². The fourth-order valence-corrected chi connectivity index (χ4v) is 1.17. The maximum atomic E-state index is 11.5. The van der Waals surface area contributed by atoms with Gasteiger partial charge in [-0.2, -0.15) is 0 Å². The normalized spacial score (nSPS) is 10.8. The first-order valence-electron chi connectivity index (χ1n) is 4.52. The van der Waals surface area contributed by atoms with Crippen LogP contribution in [0.25, 0.3) is 0 Å². The van der Waals surface area contributed by atoms with Gasteiger partial charge in [-0.1, -0.05) is 26.5 Å². The molecule has 0 radical (unpaired) electrons. The van der Waals surface area contributed by atoms with Crippen LogP contribution in [-0.2, 0) is 10.2 Å². The van der Waals surface area contributed by atoms with Crippen LogP contribution >= 0.6 is 0 Å². The molecule has 80 valence electrons. The molecule has 1 heterocycles. The Bertz CT molecular complexity index is 391. The number of ether oxygens (including phenoxy) is 1. The van der Waals surface area contributed by atoms with Crippen molar-refractivity contribution in [3.05, 3.63) is 43.2 Å². The molecule has 0 aliphatic rings. The molecule has 4 heteroatoms. The van der Waals surface area contributed by atoms with E-state index in [1.54, 1.807) is 6.08 Å². The predicted octanol–water partition coefficient (Wildman–Crippen LogP) is 2.17. The Morgan fingerprint density at radius 2 is 2.27 bits per heavy atom. The van der Waals surface area contributed by atoms with Gasteiger partial charge in [-0.15, -0.1) is 6.58 Å². The lowest BCUT2D eigenvalue weighted by molar-refractivity contribution is 0.0656. The number of esters is 1. The van der Waals surface area contributed by atoms with Gasteiger partial charge in [0, 0.05) is 5.41 Å². The second-order valence-corrected chi connectivity index (χ2v) is 3.62. The summed E-state index contributed by atoms with van der Waals surface area (Å²) in [5, 5.41) is 0. The van der Waals surface area contributed by atoms with Crippen LogP contribution in [0.3, 0.4) is 0 Å². The lowest BCUT2D eigenvalue weighted by Gasteiger charge is -2.18. The third-order valence-corrected chi connectivity index (χ3v) is 2.18. The Balaban J connectivity index is 3.11. The molecule has 0 saturated carbocycles. The maximum absolute atomic E-state index is 11.5. The molecular formula is C11H14N2O2. The molecule has 0 amide bonds. The van der Waals surface area contributed by atoms with E-state index < -0.39 is 5.97 Å². The van der Waals surface area contributed by atoms with Crippen LogP contribution in [0.2, 0.25) is 0 Å². The topological polar surface area (TPSA) is 55.0 Å². The van der Waals surface area contributed by atoms with E-state index >= 15 is 0 Å². The second kappa shape index (κ2) is 4.13. The highest BCUT2D eigenvalue weighted by atomic mass is 16.5. The minimum absolute atomic E-state index is 0.264. The number of carbonyl (C=O) groups is 1. The van der Waals surface area contributed by atoms with E-state index in [4.69, 9.17) is 0 Å². The summed E-state index contributed by atoms with van der Waals surface area (Å²) >= 11 is 0. The van der Waals surface area contributed by atoms with Crippen molar-refractivity contribution in [2.45, 2.75) is 19.3 Å². The number of imidazole rings is 1. The van der Waals surface area contributed by atoms with Crippen molar-refractivity contribution < 1.29 is 9.53 Å². The van der Waals surface area contributed by atoms with Crippen LogP contribution in [0.5, 0.6) is 0 Å². The van der Waals surface area contributed by atoms with E-state index in [-0.39, 0.29) is 11.1 Å². The number of aromatic amines is 1. The molecule has 0 saturated heterocycles. The van der Waals surface area contributed by atoms with Crippen LogP contribution < -0.4 is 0 Å². The molecule has 1 N–H and O–H groups in total. The Morgan fingerprint density at radius 3 is 2.80 bits per heavy atom. The number of H-pyrrole nitrogens is 1. The van der Waals surface area contributed by atoms with Crippen molar-refractivity contribution in [2.75, 3.05) is 0 Å². The lowest BCUT2D eigenvalue weighted by Crippen LogP contribution is -2.18. The first kappa shape index (κ1) is 11.2. The van der Waals surface area contributed by atoms with Crippen LogP contribution in [0.15, 0.2) is 31.8 Å². The second-order valence-electron chi connectivity index (χ2n) is 3.62. The van der Waals surface area contributed by atoms with Gasteiger partial charge in [-0.25, -0.2) is 9.78 Å². The third-order valence-electron chi connectivity index (χ3n) is 2.18. The van der Waals surface area contributed by atoms with Crippen LogP contribution in [-0.4, -0.2) is 15.9 Å². The molecule has 0 atom stereocenters. The molecule has 1 aromatic heterocycles. The number of aromatic nitrogens is 2. The molecule has 15 heavy (non-hydrogen) atoms. The van der Waals surface area contributed by atoms with Gasteiger partial charge in [-0.05, 0) is 0 Å². The van der Waals surface area contributed by atoms with E-state index in [0.717, 1.165) is 6.26 Å². The van der Waals surface area contributed by atoms with E-state index in [2.05, 4.69) is 27.9 Å². The molecule has 0 fully saturated rings. The van der Waals surface area contributed by atoms with Gasteiger partial charge in [0.25, 0.3) is 0 Å². The quantitative estimate of drug-likeness (QED) is 0.466. The number of rotatable bonds is 4. The maximum Gasteiger partial charge on any atom is 0.363 e. The Kier molecular flexibility index (Phi) is 3.09. The number of nitrogens with one attached hydrogen (secondary N) is 1. The molecule has 0 bridgehead atoms. The van der Waals surface area contributed by atoms with Crippen LogP contribution in [0, 0.1) is 0 Å². The molecule has 0 aliphatic carbocycles. The van der Waals surface area contributed by atoms with Crippen molar-refractivity contribution in [2.24, 2.45) is 0 Å². The standard InChI is InChI=1S/C11H14N2O2/c1-5-11(3,4)9-8(12-7-13-9)10(14)15-6-2/h5-7H,1-2H2,3-4H3,(H,12,13). The van der Waals surface area contributed by atoms with E-state index in [9.17, 15) is 4.79 Å². The summed E-state index contributed by atoms with van der Waals surface area (Å²) in [7, 11) is 0. The largest absolute Gasteiger partial charge is 0.430 e. The molecule has 1 aromatic rings. The molecule has 0 aliphatic heterocycles. The Hall–Kier alpha value is -1.84. The van der Waals surface area contributed by atoms with Crippen molar-refractivity contribution in [3.63, 3.8) is 0 Å². The summed E-state index contributed by atoms with van der Waals surface area (Å²) in [6.45, 7) is 10.9. The van der Waals surface area contributed by atoms with Crippen LogP contribution in [0.4, 0.5) is 0 Å². The average Bonchev–Trinajstić information content (AvgIpc) is 2.67. The summed E-state index contributed by atoms with van der Waals surface area (Å²) in [6.07, 6.45) is 4.28. The van der Waals surface area contributed by atoms with Crippen molar-refractivity contribution in [1.29, 1.82) is 0 Å². The Morgan fingerprint density at radius 1 is 1.60 bits per heavy atom. The molecular weight excluding hydrogens is 192 g/mol. The zero-order chi connectivity index (χ0) is 11.5. The van der Waals surface area contributed by atoms with Crippen LogP contribution in [0.1, 0.15) is 30.0 Å². The van der Waals surface area contributed by atoms with Crippen molar-refractivity contribution in [3.8, 4) is 0 Å². The van der Waals surface area contributed by atoms with Crippen molar-refractivity contribution in [1.82, 2.24) is 9.97 Å². The van der Waals surface area contributed by atoms with Gasteiger partial charge in [0.2, 0.25) is 0 Å². The molecule has 4 nitrogen and oxygen atoms in total. The van der Waals surface area contributed by atoms with Gasteiger partial charge in [0.1, 0.15) is 0 Å². The fourth-order valence-electron chi connectivity index (χ4n) is 1.17. The summed E-state index contributed by atoms with van der Waals surface area (Å²) in [4.78, 5) is 18.3. The highest BCUT2D eigenvalue weighted by molar-refractivity contribution is 5.89. The minimum Gasteiger partial charge on any atom is -0.430 e. The first-order valence-corrected chi connectivity index (χ1v) is 4.52. The number of carbonyl (C=O) groups excluding carboxylic acids is 1. The van der Waals surface area contributed by atoms with E-state index in [1.165, 1.54) is 6.33 Å². The lowest BCUT2D eigenvalue weighted by atomic mass is 9.88. The SMILES string of the molecule is C=COC(=O)c1nc[nH]c1C(C)(C)C=C. The minimum atomic E-state index is -0.517. The Labute approximate surface area is 88.7 Å². The number of hydrogen-bond acceptors (Lipinski definition) is 3. The monoisotopic (exact) mass is 206 g/mol. The zero-order valence-corrected chi connectivity index (χ0v) is 8.91. The molecule has 0 unspecified atom stereocenters. The molecule has 1 rings (SSSR count). The summed E-state index contributed by atoms with van der Waals surface area (Å²) in [6, 6.07) is 0. The zero-order valence-electron chi connectivity index (χ0n) is 8.91. The highest BCUT2D eigenvalue weighted by Crippen LogP contribution is 2.25. The number of allylic oxidation sites excluding steroid dienone is 1.